The van der Waals surface area contributed by atoms with Crippen molar-refractivity contribution in [2.24, 2.45) is 0 Å². The van der Waals surface area contributed by atoms with Crippen molar-refractivity contribution in [2.45, 2.75) is 12.4 Å². The van der Waals surface area contributed by atoms with E-state index in [1.165, 1.54) is 0 Å². The number of benzene rings is 2. The topological polar surface area (TPSA) is 58.9 Å². The molecular formula is C16H15IO4. The average Bonchev–Trinajstić information content (AvgIpc) is 3.00. The van der Waals surface area contributed by atoms with E-state index in [0.29, 0.717) is 18.8 Å². The Morgan fingerprint density at radius 1 is 1.05 bits per heavy atom. The molecule has 5 heteroatoms. The van der Waals surface area contributed by atoms with Crippen LogP contribution in [0.4, 0.5) is 0 Å². The monoisotopic (exact) mass is 398 g/mol. The van der Waals surface area contributed by atoms with Crippen molar-refractivity contribution in [2.75, 3.05) is 13.2 Å². The van der Waals surface area contributed by atoms with Crippen molar-refractivity contribution in [1.29, 1.82) is 0 Å². The first-order valence-electron chi connectivity index (χ1n) is 6.63. The minimum absolute atomic E-state index is 0.0104. The van der Waals surface area contributed by atoms with Gasteiger partial charge in [-0.3, -0.25) is 0 Å². The van der Waals surface area contributed by atoms with E-state index >= 15 is 0 Å². The lowest BCUT2D eigenvalue weighted by Crippen LogP contribution is -2.29. The highest BCUT2D eigenvalue weighted by atomic mass is 127. The molecule has 0 saturated carbocycles. The van der Waals surface area contributed by atoms with Crippen LogP contribution in [0.1, 0.15) is 16.7 Å². The van der Waals surface area contributed by atoms with Gasteiger partial charge in [-0.2, -0.15) is 0 Å². The number of rotatable bonds is 3. The first-order chi connectivity index (χ1) is 10.2. The SMILES string of the molecule is OCc1ccc(C2(c3cc(I)ccc3O)OCCO2)cc1. The molecule has 2 N–H and O–H groups in total. The van der Waals surface area contributed by atoms with Crippen LogP contribution in [0.2, 0.25) is 0 Å². The molecule has 4 nitrogen and oxygen atoms in total. The summed E-state index contributed by atoms with van der Waals surface area (Å²) < 4.78 is 12.7. The van der Waals surface area contributed by atoms with E-state index in [1.54, 1.807) is 6.07 Å². The second-order valence-electron chi connectivity index (χ2n) is 4.83. The average molecular weight is 398 g/mol. The van der Waals surface area contributed by atoms with Crippen LogP contribution in [0.5, 0.6) is 5.75 Å². The fraction of sp³-hybridized carbons (Fsp3) is 0.250. The molecule has 0 atom stereocenters. The normalized spacial score (nSPS) is 17.0. The molecule has 0 aromatic heterocycles. The lowest BCUT2D eigenvalue weighted by Gasteiger charge is -2.29. The Balaban J connectivity index is 2.12. The maximum Gasteiger partial charge on any atom is 0.226 e. The molecule has 1 aliphatic rings. The van der Waals surface area contributed by atoms with E-state index in [2.05, 4.69) is 22.6 Å². The molecule has 0 amide bonds. The summed E-state index contributed by atoms with van der Waals surface area (Å²) in [5, 5.41) is 19.4. The lowest BCUT2D eigenvalue weighted by molar-refractivity contribution is -0.131. The third-order valence-electron chi connectivity index (χ3n) is 3.52. The highest BCUT2D eigenvalue weighted by molar-refractivity contribution is 14.1. The quantitative estimate of drug-likeness (QED) is 0.781. The highest BCUT2D eigenvalue weighted by Crippen LogP contribution is 2.42. The molecule has 0 aliphatic carbocycles. The standard InChI is InChI=1S/C16H15IO4/c17-13-5-6-15(19)14(9-13)16(20-7-8-21-16)12-3-1-11(10-18)2-4-12/h1-6,9,18-19H,7-8,10H2. The molecule has 0 radical (unpaired) electrons. The molecule has 1 fully saturated rings. The number of aliphatic hydroxyl groups is 1. The Hall–Kier alpha value is -1.15. The maximum atomic E-state index is 10.2. The van der Waals surface area contributed by atoms with Gasteiger partial charge in [0.2, 0.25) is 5.79 Å². The van der Waals surface area contributed by atoms with Crippen LogP contribution >= 0.6 is 22.6 Å². The van der Waals surface area contributed by atoms with Crippen molar-refractivity contribution < 1.29 is 19.7 Å². The van der Waals surface area contributed by atoms with E-state index in [4.69, 9.17) is 14.6 Å². The summed E-state index contributed by atoms with van der Waals surface area (Å²) in [6, 6.07) is 12.7. The minimum atomic E-state index is -1.08. The largest absolute Gasteiger partial charge is 0.507 e. The number of phenolic OH excluding ortho intramolecular Hbond substituents is 1. The summed E-state index contributed by atoms with van der Waals surface area (Å²) in [7, 11) is 0. The van der Waals surface area contributed by atoms with E-state index in [-0.39, 0.29) is 12.4 Å². The number of aromatic hydroxyl groups is 1. The van der Waals surface area contributed by atoms with Gasteiger partial charge in [0.1, 0.15) is 5.75 Å². The van der Waals surface area contributed by atoms with Gasteiger partial charge in [-0.15, -0.1) is 0 Å². The molecule has 21 heavy (non-hydrogen) atoms. The van der Waals surface area contributed by atoms with Gasteiger partial charge in [-0.05, 0) is 46.4 Å². The van der Waals surface area contributed by atoms with Crippen LogP contribution in [0.3, 0.4) is 0 Å². The fourth-order valence-corrected chi connectivity index (χ4v) is 2.98. The number of halogens is 1. The molecule has 110 valence electrons. The van der Waals surface area contributed by atoms with Crippen molar-refractivity contribution >= 4 is 22.6 Å². The first kappa shape index (κ1) is 14.8. The Bertz CT molecular complexity index is 633. The summed E-state index contributed by atoms with van der Waals surface area (Å²) in [5.41, 5.74) is 2.22. The van der Waals surface area contributed by atoms with Crippen LogP contribution in [0.25, 0.3) is 0 Å². The van der Waals surface area contributed by atoms with Crippen LogP contribution in [-0.2, 0) is 21.9 Å². The van der Waals surface area contributed by atoms with Gasteiger partial charge in [-0.1, -0.05) is 24.3 Å². The highest BCUT2D eigenvalue weighted by Gasteiger charge is 2.42. The summed E-state index contributed by atoms with van der Waals surface area (Å²) in [6.07, 6.45) is 0. The lowest BCUT2D eigenvalue weighted by atomic mass is 9.95. The van der Waals surface area contributed by atoms with Gasteiger partial charge >= 0.3 is 0 Å². The Morgan fingerprint density at radius 2 is 1.71 bits per heavy atom. The van der Waals surface area contributed by atoms with Gasteiger partial charge in [0.25, 0.3) is 0 Å². The zero-order chi connectivity index (χ0) is 14.9. The first-order valence-corrected chi connectivity index (χ1v) is 7.71. The molecule has 2 aromatic rings. The van der Waals surface area contributed by atoms with Crippen LogP contribution in [0.15, 0.2) is 42.5 Å². The smallest absolute Gasteiger partial charge is 0.226 e. The van der Waals surface area contributed by atoms with Crippen LogP contribution in [0, 0.1) is 3.57 Å². The molecule has 2 aromatic carbocycles. The number of hydrogen-bond donors (Lipinski definition) is 2. The van der Waals surface area contributed by atoms with Gasteiger partial charge in [-0.25, -0.2) is 0 Å². The fourth-order valence-electron chi connectivity index (χ4n) is 2.49. The Morgan fingerprint density at radius 3 is 2.33 bits per heavy atom. The second-order valence-corrected chi connectivity index (χ2v) is 6.08. The van der Waals surface area contributed by atoms with Gasteiger partial charge in [0.15, 0.2) is 0 Å². The summed E-state index contributed by atoms with van der Waals surface area (Å²) in [4.78, 5) is 0. The second kappa shape index (κ2) is 5.92. The summed E-state index contributed by atoms with van der Waals surface area (Å²) >= 11 is 2.19. The molecule has 0 bridgehead atoms. The predicted octanol–water partition coefficient (Wildman–Crippen LogP) is 2.74. The van der Waals surface area contributed by atoms with Gasteiger partial charge in [0, 0.05) is 9.13 Å². The van der Waals surface area contributed by atoms with Gasteiger partial charge < -0.3 is 19.7 Å². The summed E-state index contributed by atoms with van der Waals surface area (Å²) in [5.74, 6) is -0.942. The van der Waals surface area contributed by atoms with Crippen molar-refractivity contribution in [3.05, 3.63) is 62.7 Å². The zero-order valence-corrected chi connectivity index (χ0v) is 13.4. The van der Waals surface area contributed by atoms with Crippen molar-refractivity contribution in [1.82, 2.24) is 0 Å². The van der Waals surface area contributed by atoms with E-state index in [9.17, 15) is 5.11 Å². The molecule has 0 spiro atoms. The molecule has 1 aliphatic heterocycles. The number of ether oxygens (including phenoxy) is 2. The van der Waals surface area contributed by atoms with E-state index in [0.717, 1.165) is 14.7 Å². The molecule has 3 rings (SSSR count). The van der Waals surface area contributed by atoms with Gasteiger partial charge in [0.05, 0.1) is 25.4 Å². The van der Waals surface area contributed by atoms with Crippen LogP contribution in [-0.4, -0.2) is 23.4 Å². The number of phenols is 1. The molecule has 0 unspecified atom stereocenters. The number of aliphatic hydroxyl groups excluding tert-OH is 1. The van der Waals surface area contributed by atoms with E-state index < -0.39 is 5.79 Å². The predicted molar refractivity (Wildman–Crippen MR) is 85.9 cm³/mol. The van der Waals surface area contributed by atoms with Crippen molar-refractivity contribution in [3.8, 4) is 5.75 Å². The minimum Gasteiger partial charge on any atom is -0.507 e. The molecule has 1 heterocycles. The zero-order valence-electron chi connectivity index (χ0n) is 11.3. The summed E-state index contributed by atoms with van der Waals surface area (Å²) in [6.45, 7) is 0.919. The third kappa shape index (κ3) is 2.66. The van der Waals surface area contributed by atoms with Crippen LogP contribution < -0.4 is 0 Å². The Kier molecular flexibility index (Phi) is 4.17. The molecular weight excluding hydrogens is 383 g/mol. The van der Waals surface area contributed by atoms with E-state index in [1.807, 2.05) is 36.4 Å². The van der Waals surface area contributed by atoms with Crippen molar-refractivity contribution in [3.63, 3.8) is 0 Å². The number of hydrogen-bond acceptors (Lipinski definition) is 4. The molecule has 1 saturated heterocycles. The Labute approximate surface area is 136 Å². The third-order valence-corrected chi connectivity index (χ3v) is 4.19. The maximum absolute atomic E-state index is 10.2.